The van der Waals surface area contributed by atoms with Crippen molar-refractivity contribution in [1.29, 1.82) is 0 Å². The van der Waals surface area contributed by atoms with Crippen LogP contribution in [0.1, 0.15) is 19.4 Å². The standard InChI is InChI=1S/C13H17NO3/c1-8(9(2)13(14)15)10-5-6-11(16-3)12(7-10)17-4/h5-7H,1-4H3,(H2,14,15). The number of methoxy groups -OCH3 is 2. The van der Waals surface area contributed by atoms with E-state index in [1.54, 1.807) is 27.2 Å². The SMILES string of the molecule is COc1ccc(C(C)=C(C)C(N)=O)cc1OC. The van der Waals surface area contributed by atoms with Crippen LogP contribution in [0.15, 0.2) is 23.8 Å². The van der Waals surface area contributed by atoms with Gasteiger partial charge in [0.05, 0.1) is 14.2 Å². The number of hydrogen-bond donors (Lipinski definition) is 1. The molecule has 0 unspecified atom stereocenters. The highest BCUT2D eigenvalue weighted by atomic mass is 16.5. The van der Waals surface area contributed by atoms with E-state index in [-0.39, 0.29) is 0 Å². The molecule has 0 aliphatic carbocycles. The summed E-state index contributed by atoms with van der Waals surface area (Å²) in [6.07, 6.45) is 0. The molecule has 4 nitrogen and oxygen atoms in total. The van der Waals surface area contributed by atoms with Gasteiger partial charge in [-0.05, 0) is 37.1 Å². The Labute approximate surface area is 101 Å². The molecule has 17 heavy (non-hydrogen) atoms. The maximum atomic E-state index is 11.1. The molecular weight excluding hydrogens is 218 g/mol. The molecule has 1 rings (SSSR count). The number of rotatable bonds is 4. The van der Waals surface area contributed by atoms with Gasteiger partial charge >= 0.3 is 0 Å². The molecule has 0 aliphatic rings. The molecule has 0 bridgehead atoms. The highest BCUT2D eigenvalue weighted by molar-refractivity contribution is 5.99. The third kappa shape index (κ3) is 2.78. The lowest BCUT2D eigenvalue weighted by atomic mass is 10.0. The van der Waals surface area contributed by atoms with Gasteiger partial charge in [-0.25, -0.2) is 0 Å². The van der Waals surface area contributed by atoms with Crippen LogP contribution in [-0.2, 0) is 4.79 Å². The lowest BCUT2D eigenvalue weighted by molar-refractivity contribution is -0.114. The first-order valence-electron chi connectivity index (χ1n) is 5.21. The van der Waals surface area contributed by atoms with Crippen molar-refractivity contribution in [3.63, 3.8) is 0 Å². The first-order valence-corrected chi connectivity index (χ1v) is 5.21. The van der Waals surface area contributed by atoms with E-state index in [9.17, 15) is 4.79 Å². The van der Waals surface area contributed by atoms with Gasteiger partial charge in [0, 0.05) is 5.57 Å². The van der Waals surface area contributed by atoms with Crippen molar-refractivity contribution in [1.82, 2.24) is 0 Å². The fraction of sp³-hybridized carbons (Fsp3) is 0.308. The van der Waals surface area contributed by atoms with Crippen LogP contribution in [0.4, 0.5) is 0 Å². The highest BCUT2D eigenvalue weighted by Gasteiger charge is 2.09. The molecule has 1 amide bonds. The molecule has 0 aromatic heterocycles. The average Bonchev–Trinajstić information content (AvgIpc) is 2.35. The Hall–Kier alpha value is -1.97. The molecule has 0 radical (unpaired) electrons. The lowest BCUT2D eigenvalue weighted by Crippen LogP contribution is -2.12. The first kappa shape index (κ1) is 13.1. The van der Waals surface area contributed by atoms with Crippen LogP contribution in [-0.4, -0.2) is 20.1 Å². The van der Waals surface area contributed by atoms with Gasteiger partial charge in [-0.1, -0.05) is 6.07 Å². The fourth-order valence-corrected chi connectivity index (χ4v) is 1.47. The molecule has 1 aromatic carbocycles. The summed E-state index contributed by atoms with van der Waals surface area (Å²) in [5, 5.41) is 0. The Morgan fingerprint density at radius 2 is 1.71 bits per heavy atom. The zero-order valence-corrected chi connectivity index (χ0v) is 10.5. The third-order valence-electron chi connectivity index (χ3n) is 2.75. The van der Waals surface area contributed by atoms with Crippen molar-refractivity contribution >= 4 is 11.5 Å². The zero-order chi connectivity index (χ0) is 13.0. The van der Waals surface area contributed by atoms with Gasteiger partial charge < -0.3 is 15.2 Å². The van der Waals surface area contributed by atoms with Crippen LogP contribution in [0.2, 0.25) is 0 Å². The summed E-state index contributed by atoms with van der Waals surface area (Å²) in [7, 11) is 3.15. The topological polar surface area (TPSA) is 61.5 Å². The fourth-order valence-electron chi connectivity index (χ4n) is 1.47. The van der Waals surface area contributed by atoms with E-state index in [1.165, 1.54) is 0 Å². The van der Waals surface area contributed by atoms with Gasteiger partial charge in [-0.2, -0.15) is 0 Å². The normalized spacial score (nSPS) is 11.8. The number of primary amides is 1. The van der Waals surface area contributed by atoms with Crippen LogP contribution in [0.3, 0.4) is 0 Å². The number of carbonyl (C=O) groups is 1. The molecule has 4 heteroatoms. The number of amides is 1. The summed E-state index contributed by atoms with van der Waals surface area (Å²) in [5.74, 6) is 0.861. The van der Waals surface area contributed by atoms with Gasteiger partial charge in [-0.15, -0.1) is 0 Å². The van der Waals surface area contributed by atoms with Crippen molar-refractivity contribution < 1.29 is 14.3 Å². The highest BCUT2D eigenvalue weighted by Crippen LogP contribution is 2.31. The molecule has 0 heterocycles. The van der Waals surface area contributed by atoms with Gasteiger partial charge in [0.1, 0.15) is 0 Å². The number of ether oxygens (including phenoxy) is 2. The molecule has 0 spiro atoms. The smallest absolute Gasteiger partial charge is 0.244 e. The third-order valence-corrected chi connectivity index (χ3v) is 2.75. The van der Waals surface area contributed by atoms with E-state index in [0.717, 1.165) is 11.1 Å². The lowest BCUT2D eigenvalue weighted by Gasteiger charge is -2.11. The van der Waals surface area contributed by atoms with E-state index in [0.29, 0.717) is 17.1 Å². The van der Waals surface area contributed by atoms with Crippen LogP contribution in [0.25, 0.3) is 5.57 Å². The maximum absolute atomic E-state index is 11.1. The maximum Gasteiger partial charge on any atom is 0.244 e. The first-order chi connectivity index (χ1) is 8.01. The molecule has 0 atom stereocenters. The summed E-state index contributed by atoms with van der Waals surface area (Å²) in [4.78, 5) is 11.1. The Bertz CT molecular complexity index is 464. The predicted octanol–water partition coefficient (Wildman–Crippen LogP) is 1.98. The van der Waals surface area contributed by atoms with E-state index in [1.807, 2.05) is 19.1 Å². The van der Waals surface area contributed by atoms with Crippen molar-refractivity contribution in [2.75, 3.05) is 14.2 Å². The summed E-state index contributed by atoms with van der Waals surface area (Å²) < 4.78 is 10.3. The van der Waals surface area contributed by atoms with Gasteiger partial charge in [-0.3, -0.25) is 4.79 Å². The molecule has 0 fully saturated rings. The van der Waals surface area contributed by atoms with Crippen molar-refractivity contribution in [2.45, 2.75) is 13.8 Å². The van der Waals surface area contributed by atoms with Crippen molar-refractivity contribution in [2.24, 2.45) is 5.73 Å². The van der Waals surface area contributed by atoms with E-state index < -0.39 is 5.91 Å². The summed E-state index contributed by atoms with van der Waals surface area (Å²) in [6, 6.07) is 5.48. The number of nitrogens with two attached hydrogens (primary N) is 1. The number of benzene rings is 1. The van der Waals surface area contributed by atoms with E-state index in [4.69, 9.17) is 15.2 Å². The second-order valence-corrected chi connectivity index (χ2v) is 3.68. The minimum Gasteiger partial charge on any atom is -0.493 e. The Balaban J connectivity index is 3.25. The van der Waals surface area contributed by atoms with Crippen molar-refractivity contribution in [3.8, 4) is 11.5 Å². The summed E-state index contributed by atoms with van der Waals surface area (Å²) in [5.41, 5.74) is 7.51. The minimum atomic E-state index is -0.419. The van der Waals surface area contributed by atoms with Gasteiger partial charge in [0.15, 0.2) is 11.5 Å². The quantitative estimate of drug-likeness (QED) is 0.812. The Morgan fingerprint density at radius 3 is 2.18 bits per heavy atom. The summed E-state index contributed by atoms with van der Waals surface area (Å²) >= 11 is 0. The number of hydrogen-bond acceptors (Lipinski definition) is 3. The van der Waals surface area contributed by atoms with Gasteiger partial charge in [0.25, 0.3) is 0 Å². The molecule has 92 valence electrons. The second kappa shape index (κ2) is 5.39. The molecule has 0 saturated heterocycles. The second-order valence-electron chi connectivity index (χ2n) is 3.68. The van der Waals surface area contributed by atoms with E-state index in [2.05, 4.69) is 0 Å². The van der Waals surface area contributed by atoms with Crippen LogP contribution >= 0.6 is 0 Å². The minimum absolute atomic E-state index is 0.419. The van der Waals surface area contributed by atoms with E-state index >= 15 is 0 Å². The predicted molar refractivity (Wildman–Crippen MR) is 67.0 cm³/mol. The average molecular weight is 235 g/mol. The Morgan fingerprint density at radius 1 is 1.12 bits per heavy atom. The number of allylic oxidation sites excluding steroid dienone is 1. The monoisotopic (exact) mass is 235 g/mol. The largest absolute Gasteiger partial charge is 0.493 e. The van der Waals surface area contributed by atoms with Crippen LogP contribution < -0.4 is 15.2 Å². The zero-order valence-electron chi connectivity index (χ0n) is 10.5. The van der Waals surface area contributed by atoms with Crippen LogP contribution in [0, 0.1) is 0 Å². The number of carbonyl (C=O) groups excluding carboxylic acids is 1. The Kier molecular flexibility index (Phi) is 4.15. The molecule has 2 N–H and O–H groups in total. The molecular formula is C13H17NO3. The van der Waals surface area contributed by atoms with Crippen LogP contribution in [0.5, 0.6) is 11.5 Å². The molecule has 1 aromatic rings. The van der Waals surface area contributed by atoms with Crippen molar-refractivity contribution in [3.05, 3.63) is 29.3 Å². The van der Waals surface area contributed by atoms with Gasteiger partial charge in [0.2, 0.25) is 5.91 Å². The summed E-state index contributed by atoms with van der Waals surface area (Å²) in [6.45, 7) is 3.55. The molecule has 0 saturated carbocycles. The molecule has 0 aliphatic heterocycles.